The highest BCUT2D eigenvalue weighted by Gasteiger charge is 2.38. The molecular weight excluding hydrogens is 576 g/mol. The maximum atomic E-state index is 6.58. The molecule has 0 aromatic heterocycles. The molecule has 266 valence electrons. The summed E-state index contributed by atoms with van der Waals surface area (Å²) in [5.41, 5.74) is -0.179. The zero-order chi connectivity index (χ0) is 32.5. The summed E-state index contributed by atoms with van der Waals surface area (Å²) in [6.07, 6.45) is 17.6. The van der Waals surface area contributed by atoms with Crippen molar-refractivity contribution in [3.63, 3.8) is 0 Å². The molecule has 6 rings (SSSR count). The van der Waals surface area contributed by atoms with Crippen LogP contribution in [0.2, 0.25) is 0 Å². The van der Waals surface area contributed by atoms with Crippen LogP contribution in [-0.2, 0) is 42.6 Å². The molecule has 0 spiro atoms. The first-order valence-corrected chi connectivity index (χ1v) is 18.1. The van der Waals surface area contributed by atoms with Crippen LogP contribution in [0, 0.1) is 5.41 Å². The second kappa shape index (κ2) is 21.6. The zero-order valence-corrected chi connectivity index (χ0v) is 29.8. The molecule has 0 aromatic rings. The van der Waals surface area contributed by atoms with Gasteiger partial charge in [-0.25, -0.2) is 0 Å². The lowest BCUT2D eigenvalue weighted by molar-refractivity contribution is -0.167. The Labute approximate surface area is 275 Å². The van der Waals surface area contributed by atoms with Crippen LogP contribution < -0.4 is 0 Å². The van der Waals surface area contributed by atoms with Crippen LogP contribution in [0.25, 0.3) is 0 Å². The van der Waals surface area contributed by atoms with E-state index in [1.54, 1.807) is 0 Å². The highest BCUT2D eigenvalue weighted by molar-refractivity contribution is 4.85. The Morgan fingerprint density at radius 1 is 0.467 bits per heavy atom. The summed E-state index contributed by atoms with van der Waals surface area (Å²) in [6.45, 7) is 13.3. The van der Waals surface area contributed by atoms with Crippen LogP contribution in [0.1, 0.15) is 111 Å². The van der Waals surface area contributed by atoms with Gasteiger partial charge in [0.1, 0.15) is 0 Å². The van der Waals surface area contributed by atoms with Crippen molar-refractivity contribution in [3.8, 4) is 0 Å². The van der Waals surface area contributed by atoms with E-state index in [-0.39, 0.29) is 42.0 Å². The van der Waals surface area contributed by atoms with Gasteiger partial charge >= 0.3 is 0 Å². The topological polar surface area (TPSA) is 93.0 Å². The molecule has 3 heterocycles. The lowest BCUT2D eigenvalue weighted by Gasteiger charge is -2.40. The summed E-state index contributed by atoms with van der Waals surface area (Å²) in [7, 11) is 5.44. The first-order chi connectivity index (χ1) is 21.8. The molecular formula is C36H68O9. The summed E-state index contributed by atoms with van der Waals surface area (Å²) >= 11 is 0. The molecule has 3 saturated heterocycles. The summed E-state index contributed by atoms with van der Waals surface area (Å²) in [5, 5.41) is 0. The van der Waals surface area contributed by atoms with Crippen molar-refractivity contribution < 1.29 is 42.6 Å². The van der Waals surface area contributed by atoms with Crippen LogP contribution in [0.5, 0.6) is 0 Å². The van der Waals surface area contributed by atoms with E-state index >= 15 is 0 Å². The third-order valence-corrected chi connectivity index (χ3v) is 9.89. The van der Waals surface area contributed by atoms with Gasteiger partial charge in [0.05, 0.1) is 94.6 Å². The fourth-order valence-electron chi connectivity index (χ4n) is 6.14. The average molecular weight is 645 g/mol. The number of epoxide rings is 3. The molecule has 6 fully saturated rings. The van der Waals surface area contributed by atoms with Crippen molar-refractivity contribution in [1.82, 2.24) is 0 Å². The Kier molecular flexibility index (Phi) is 18.7. The molecule has 3 aliphatic carbocycles. The number of ether oxygens (including phenoxy) is 9. The van der Waals surface area contributed by atoms with Crippen molar-refractivity contribution >= 4 is 0 Å². The number of rotatable bonds is 13. The Balaban J connectivity index is 0.000000377. The first kappa shape index (κ1) is 39.1. The molecule has 9 unspecified atom stereocenters. The van der Waals surface area contributed by atoms with Gasteiger partial charge in [-0.15, -0.1) is 0 Å². The molecule has 3 aliphatic heterocycles. The fraction of sp³-hybridized carbons (Fsp3) is 1.00. The van der Waals surface area contributed by atoms with E-state index in [2.05, 4.69) is 27.7 Å². The number of methoxy groups -OCH3 is 3. The van der Waals surface area contributed by atoms with Crippen molar-refractivity contribution in [2.24, 2.45) is 5.41 Å². The minimum atomic E-state index is -0.179. The van der Waals surface area contributed by atoms with E-state index in [0.717, 1.165) is 64.8 Å². The van der Waals surface area contributed by atoms with E-state index in [0.29, 0.717) is 38.1 Å². The van der Waals surface area contributed by atoms with Gasteiger partial charge in [-0.05, 0) is 65.7 Å². The van der Waals surface area contributed by atoms with Gasteiger partial charge in [-0.1, -0.05) is 45.4 Å². The average Bonchev–Trinajstić information content (AvgIpc) is 3.99. The highest BCUT2D eigenvalue weighted by atomic mass is 16.6. The smallest absolute Gasteiger partial charge is 0.0836 e. The van der Waals surface area contributed by atoms with Crippen LogP contribution >= 0.6 is 0 Å². The largest absolute Gasteiger partial charge is 0.379 e. The summed E-state index contributed by atoms with van der Waals surface area (Å²) < 4.78 is 51.1. The second-order valence-electron chi connectivity index (χ2n) is 14.0. The standard InChI is InChI=1S/C27H50O6.3C3H6O/c1-5-27(18-31-24-15-9-6-12-21(24)28-2,19-32-25-16-10-7-13-22(25)29-3)20-33-26-17-11-8-14-23(26)30-4;3*1-3-2-4-3/h21-26H,5-20H2,1-4H3;3*3H,2H2,1H3. The molecule has 9 atom stereocenters. The molecule has 0 bridgehead atoms. The minimum absolute atomic E-state index is 0.164. The molecule has 0 aromatic carbocycles. The van der Waals surface area contributed by atoms with E-state index < -0.39 is 0 Å². The monoisotopic (exact) mass is 644 g/mol. The van der Waals surface area contributed by atoms with E-state index in [1.807, 2.05) is 21.3 Å². The van der Waals surface area contributed by atoms with Crippen LogP contribution in [0.15, 0.2) is 0 Å². The van der Waals surface area contributed by atoms with Gasteiger partial charge in [0, 0.05) is 26.7 Å². The molecule has 9 heteroatoms. The predicted octanol–water partition coefficient (Wildman–Crippen LogP) is 6.52. The second-order valence-corrected chi connectivity index (χ2v) is 14.0. The van der Waals surface area contributed by atoms with Gasteiger partial charge in [0.25, 0.3) is 0 Å². The Morgan fingerprint density at radius 2 is 0.689 bits per heavy atom. The number of hydrogen-bond acceptors (Lipinski definition) is 9. The molecule has 3 saturated carbocycles. The minimum Gasteiger partial charge on any atom is -0.379 e. The third kappa shape index (κ3) is 16.1. The lowest BCUT2D eigenvalue weighted by Crippen LogP contribution is -2.46. The normalized spacial score (nSPS) is 36.5. The molecule has 9 nitrogen and oxygen atoms in total. The maximum absolute atomic E-state index is 6.58. The molecule has 6 aliphatic rings. The van der Waals surface area contributed by atoms with Gasteiger partial charge < -0.3 is 42.6 Å². The zero-order valence-electron chi connectivity index (χ0n) is 29.8. The van der Waals surface area contributed by atoms with Crippen molar-refractivity contribution in [1.29, 1.82) is 0 Å². The summed E-state index contributed by atoms with van der Waals surface area (Å²) in [6, 6.07) is 0. The molecule has 0 radical (unpaired) electrons. The van der Waals surface area contributed by atoms with Crippen LogP contribution in [0.4, 0.5) is 0 Å². The summed E-state index contributed by atoms with van der Waals surface area (Å²) in [4.78, 5) is 0. The quantitative estimate of drug-likeness (QED) is 0.208. The highest BCUT2D eigenvalue weighted by Crippen LogP contribution is 2.33. The van der Waals surface area contributed by atoms with Crippen molar-refractivity contribution in [3.05, 3.63) is 0 Å². The molecule has 0 amide bonds. The van der Waals surface area contributed by atoms with Gasteiger partial charge in [-0.2, -0.15) is 0 Å². The predicted molar refractivity (Wildman–Crippen MR) is 176 cm³/mol. The Bertz CT molecular complexity index is 649. The van der Waals surface area contributed by atoms with E-state index in [4.69, 9.17) is 42.6 Å². The maximum Gasteiger partial charge on any atom is 0.0836 e. The SMILES string of the molecule is CC1CO1.CC1CO1.CC1CO1.CCC(COC1CCCCC1OC)(COC1CCCCC1OC)COC1CCCCC1OC. The first-order valence-electron chi connectivity index (χ1n) is 18.1. The van der Waals surface area contributed by atoms with E-state index in [1.165, 1.54) is 38.5 Å². The summed E-state index contributed by atoms with van der Waals surface area (Å²) in [5.74, 6) is 0. The molecule has 0 N–H and O–H groups in total. The Hall–Kier alpha value is -0.360. The van der Waals surface area contributed by atoms with Crippen molar-refractivity contribution in [2.75, 3.05) is 61.0 Å². The van der Waals surface area contributed by atoms with Crippen molar-refractivity contribution in [2.45, 2.75) is 166 Å². The van der Waals surface area contributed by atoms with Gasteiger partial charge in [0.15, 0.2) is 0 Å². The third-order valence-electron chi connectivity index (χ3n) is 9.89. The Morgan fingerprint density at radius 3 is 0.867 bits per heavy atom. The van der Waals surface area contributed by atoms with E-state index in [9.17, 15) is 0 Å². The van der Waals surface area contributed by atoms with Crippen LogP contribution in [-0.4, -0.2) is 116 Å². The molecule has 45 heavy (non-hydrogen) atoms. The van der Waals surface area contributed by atoms with Gasteiger partial charge in [-0.3, -0.25) is 0 Å². The van der Waals surface area contributed by atoms with Crippen LogP contribution in [0.3, 0.4) is 0 Å². The lowest BCUT2D eigenvalue weighted by atomic mass is 9.86. The number of hydrogen-bond donors (Lipinski definition) is 0. The van der Waals surface area contributed by atoms with Gasteiger partial charge in [0.2, 0.25) is 0 Å². The fourth-order valence-corrected chi connectivity index (χ4v) is 6.14.